The summed E-state index contributed by atoms with van der Waals surface area (Å²) in [6.07, 6.45) is 1.89. The van der Waals surface area contributed by atoms with E-state index in [1.165, 1.54) is 0 Å². The summed E-state index contributed by atoms with van der Waals surface area (Å²) in [5.41, 5.74) is -0.312. The topological polar surface area (TPSA) is 0 Å². The maximum Gasteiger partial charge on any atom is 0.115 e. The number of hydrogen-bond donors (Lipinski definition) is 0. The highest BCUT2D eigenvalue weighted by atomic mass is 35.5. The van der Waals surface area contributed by atoms with Crippen LogP contribution in [0.1, 0.15) is 32.3 Å². The first-order chi connectivity index (χ1) is 6.46. The summed E-state index contributed by atoms with van der Waals surface area (Å²) >= 11 is 5.80. The van der Waals surface area contributed by atoms with Gasteiger partial charge >= 0.3 is 0 Å². The van der Waals surface area contributed by atoms with Crippen LogP contribution in [0, 0.1) is 0 Å². The second-order valence-corrected chi connectivity index (χ2v) is 5.00. The summed E-state index contributed by atoms with van der Waals surface area (Å²) in [6, 6.07) is 7.55. The average molecular weight is 213 g/mol. The molecule has 1 aliphatic rings. The Morgan fingerprint density at radius 1 is 1.21 bits per heavy atom. The highest BCUT2D eigenvalue weighted by molar-refractivity contribution is 6.30. The van der Waals surface area contributed by atoms with E-state index in [0.29, 0.717) is 5.02 Å². The first kappa shape index (κ1) is 9.97. The lowest BCUT2D eigenvalue weighted by molar-refractivity contribution is 0.156. The molecular weight excluding hydrogens is 199 g/mol. The molecule has 0 unspecified atom stereocenters. The Hall–Kier alpha value is -0.560. The van der Waals surface area contributed by atoms with Crippen molar-refractivity contribution in [3.63, 3.8) is 0 Å². The quantitative estimate of drug-likeness (QED) is 0.692. The standard InChI is InChI=1S/C12H14ClF/c1-11(2,14)12(7-8-12)9-3-5-10(13)6-4-9/h3-6H,7-8H2,1-2H3. The predicted octanol–water partition coefficient (Wildman–Crippen LogP) is 4.12. The van der Waals surface area contributed by atoms with E-state index in [2.05, 4.69) is 0 Å². The SMILES string of the molecule is CC(C)(F)C1(c2ccc(Cl)cc2)CC1. The second kappa shape index (κ2) is 2.96. The number of alkyl halides is 1. The number of hydrogen-bond acceptors (Lipinski definition) is 0. The summed E-state index contributed by atoms with van der Waals surface area (Å²) < 4.78 is 14.0. The minimum atomic E-state index is -1.14. The van der Waals surface area contributed by atoms with Crippen LogP contribution in [0.3, 0.4) is 0 Å². The molecule has 1 aliphatic carbocycles. The molecule has 1 aromatic carbocycles. The normalized spacial score (nSPS) is 19.4. The van der Waals surface area contributed by atoms with E-state index >= 15 is 0 Å². The summed E-state index contributed by atoms with van der Waals surface area (Å²) in [5, 5.41) is 0.709. The van der Waals surface area contributed by atoms with Gasteiger partial charge in [-0.3, -0.25) is 0 Å². The molecule has 2 heteroatoms. The highest BCUT2D eigenvalue weighted by Gasteiger charge is 2.56. The summed E-state index contributed by atoms with van der Waals surface area (Å²) in [7, 11) is 0. The van der Waals surface area contributed by atoms with Crippen LogP contribution in [0.2, 0.25) is 5.02 Å². The van der Waals surface area contributed by atoms with E-state index in [-0.39, 0.29) is 5.41 Å². The van der Waals surface area contributed by atoms with Crippen molar-refractivity contribution < 1.29 is 4.39 Å². The van der Waals surface area contributed by atoms with Crippen LogP contribution in [-0.2, 0) is 5.41 Å². The molecule has 0 atom stereocenters. The van der Waals surface area contributed by atoms with Gasteiger partial charge < -0.3 is 0 Å². The van der Waals surface area contributed by atoms with Crippen LogP contribution in [0.4, 0.5) is 4.39 Å². The van der Waals surface area contributed by atoms with Crippen molar-refractivity contribution >= 4 is 11.6 Å². The molecule has 0 aromatic heterocycles. The zero-order valence-corrected chi connectivity index (χ0v) is 9.24. The molecular formula is C12H14ClF. The Morgan fingerprint density at radius 3 is 2.07 bits per heavy atom. The van der Waals surface area contributed by atoms with E-state index in [1.807, 2.05) is 24.3 Å². The van der Waals surface area contributed by atoms with Gasteiger partial charge in [0.15, 0.2) is 0 Å². The van der Waals surface area contributed by atoms with Crippen molar-refractivity contribution in [1.29, 1.82) is 0 Å². The van der Waals surface area contributed by atoms with Gasteiger partial charge in [-0.05, 0) is 44.4 Å². The maximum atomic E-state index is 14.0. The smallest absolute Gasteiger partial charge is 0.115 e. The van der Waals surface area contributed by atoms with Gasteiger partial charge in [0.05, 0.1) is 0 Å². The molecule has 0 aliphatic heterocycles. The second-order valence-electron chi connectivity index (χ2n) is 4.56. The van der Waals surface area contributed by atoms with Crippen molar-refractivity contribution in [2.24, 2.45) is 0 Å². The van der Waals surface area contributed by atoms with Gasteiger partial charge in [-0.15, -0.1) is 0 Å². The largest absolute Gasteiger partial charge is 0.244 e. The lowest BCUT2D eigenvalue weighted by atomic mass is 9.83. The molecule has 0 amide bonds. The molecule has 0 saturated heterocycles. The van der Waals surface area contributed by atoms with Gasteiger partial charge in [-0.2, -0.15) is 0 Å². The third-order valence-electron chi connectivity index (χ3n) is 3.28. The van der Waals surface area contributed by atoms with E-state index in [1.54, 1.807) is 13.8 Å². The van der Waals surface area contributed by atoms with Gasteiger partial charge in [0.2, 0.25) is 0 Å². The Balaban J connectivity index is 2.36. The van der Waals surface area contributed by atoms with Crippen molar-refractivity contribution in [3.05, 3.63) is 34.9 Å². The first-order valence-electron chi connectivity index (χ1n) is 4.91. The van der Waals surface area contributed by atoms with Crippen LogP contribution >= 0.6 is 11.6 Å². The van der Waals surface area contributed by atoms with Gasteiger partial charge in [0, 0.05) is 10.4 Å². The lowest BCUT2D eigenvalue weighted by Gasteiger charge is -2.27. The Morgan fingerprint density at radius 2 is 1.71 bits per heavy atom. The Labute approximate surface area is 89.1 Å². The van der Waals surface area contributed by atoms with E-state index in [9.17, 15) is 4.39 Å². The molecule has 0 nitrogen and oxygen atoms in total. The van der Waals surface area contributed by atoms with Crippen LogP contribution in [0.25, 0.3) is 0 Å². The fourth-order valence-electron chi connectivity index (χ4n) is 2.12. The Bertz CT molecular complexity index is 330. The lowest BCUT2D eigenvalue weighted by Crippen LogP contribution is -2.31. The highest BCUT2D eigenvalue weighted by Crippen LogP contribution is 2.57. The van der Waals surface area contributed by atoms with Crippen LogP contribution < -0.4 is 0 Å². The van der Waals surface area contributed by atoms with Crippen LogP contribution in [0.5, 0.6) is 0 Å². The van der Waals surface area contributed by atoms with E-state index < -0.39 is 5.67 Å². The monoisotopic (exact) mass is 212 g/mol. The van der Waals surface area contributed by atoms with E-state index in [0.717, 1.165) is 18.4 Å². The van der Waals surface area contributed by atoms with Crippen molar-refractivity contribution in [2.75, 3.05) is 0 Å². The van der Waals surface area contributed by atoms with Crippen LogP contribution in [0.15, 0.2) is 24.3 Å². The zero-order chi connectivity index (χ0) is 10.4. The van der Waals surface area contributed by atoms with Gasteiger partial charge in [-0.25, -0.2) is 4.39 Å². The summed E-state index contributed by atoms with van der Waals surface area (Å²) in [4.78, 5) is 0. The van der Waals surface area contributed by atoms with Gasteiger partial charge in [0.25, 0.3) is 0 Å². The third kappa shape index (κ3) is 1.44. The summed E-state index contributed by atoms with van der Waals surface area (Å²) in [6.45, 7) is 3.32. The zero-order valence-electron chi connectivity index (χ0n) is 8.48. The van der Waals surface area contributed by atoms with Crippen molar-refractivity contribution in [1.82, 2.24) is 0 Å². The third-order valence-corrected chi connectivity index (χ3v) is 3.54. The molecule has 1 aromatic rings. The van der Waals surface area contributed by atoms with Gasteiger partial charge in [-0.1, -0.05) is 23.7 Å². The molecule has 0 radical (unpaired) electrons. The predicted molar refractivity (Wildman–Crippen MR) is 57.6 cm³/mol. The van der Waals surface area contributed by atoms with E-state index in [4.69, 9.17) is 11.6 Å². The van der Waals surface area contributed by atoms with Crippen molar-refractivity contribution in [2.45, 2.75) is 37.8 Å². The minimum absolute atomic E-state index is 0.252. The number of benzene rings is 1. The molecule has 0 spiro atoms. The molecule has 0 bridgehead atoms. The summed E-state index contributed by atoms with van der Waals surface area (Å²) in [5.74, 6) is 0. The molecule has 76 valence electrons. The molecule has 14 heavy (non-hydrogen) atoms. The molecule has 2 rings (SSSR count). The maximum absolute atomic E-state index is 14.0. The molecule has 0 N–H and O–H groups in total. The fraction of sp³-hybridized carbons (Fsp3) is 0.500. The molecule has 1 fully saturated rings. The number of halogens is 2. The Kier molecular flexibility index (Phi) is 2.11. The van der Waals surface area contributed by atoms with Gasteiger partial charge in [0.1, 0.15) is 5.67 Å². The van der Waals surface area contributed by atoms with Crippen molar-refractivity contribution in [3.8, 4) is 0 Å². The first-order valence-corrected chi connectivity index (χ1v) is 5.28. The fourth-order valence-corrected chi connectivity index (χ4v) is 2.25. The molecule has 0 heterocycles. The minimum Gasteiger partial charge on any atom is -0.244 e. The van der Waals surface area contributed by atoms with Crippen LogP contribution in [-0.4, -0.2) is 5.67 Å². The molecule has 1 saturated carbocycles. The average Bonchev–Trinajstić information content (AvgIpc) is 2.84. The number of rotatable bonds is 2.